The third-order valence-corrected chi connectivity index (χ3v) is 3.08. The lowest BCUT2D eigenvalue weighted by atomic mass is 9.98. The molecule has 0 atom stereocenters. The normalized spacial score (nSPS) is 12.8. The van der Waals surface area contributed by atoms with Gasteiger partial charge in [-0.3, -0.25) is 0 Å². The summed E-state index contributed by atoms with van der Waals surface area (Å²) in [7, 11) is 0. The van der Waals surface area contributed by atoms with Gasteiger partial charge in [-0.05, 0) is 42.7 Å². The maximum absolute atomic E-state index is 5.41. The van der Waals surface area contributed by atoms with Gasteiger partial charge >= 0.3 is 0 Å². The summed E-state index contributed by atoms with van der Waals surface area (Å²) in [6, 6.07) is 12.6. The number of aryl methyl sites for hydroxylation is 2. The molecule has 1 aliphatic rings. The van der Waals surface area contributed by atoms with Crippen molar-refractivity contribution < 1.29 is 9.47 Å². The molecule has 0 unspecified atom stereocenters. The maximum atomic E-state index is 5.41. The van der Waals surface area contributed by atoms with Crippen molar-refractivity contribution in [3.8, 4) is 22.6 Å². The molecule has 3 rings (SSSR count). The number of fused-ring (bicyclic) bond motifs is 1. The Balaban J connectivity index is 2.12. The number of hydrogen-bond acceptors (Lipinski definition) is 2. The van der Waals surface area contributed by atoms with Gasteiger partial charge in [-0.1, -0.05) is 29.8 Å². The molecule has 17 heavy (non-hydrogen) atoms. The Bertz CT molecular complexity index is 573. The zero-order valence-electron chi connectivity index (χ0n) is 9.99. The van der Waals surface area contributed by atoms with Crippen molar-refractivity contribution in [2.75, 3.05) is 6.79 Å². The van der Waals surface area contributed by atoms with Gasteiger partial charge in [-0.2, -0.15) is 0 Å². The van der Waals surface area contributed by atoms with Gasteiger partial charge in [0.25, 0.3) is 0 Å². The average Bonchev–Trinajstić information content (AvgIpc) is 2.79. The van der Waals surface area contributed by atoms with Crippen LogP contribution in [0.2, 0.25) is 0 Å². The van der Waals surface area contributed by atoms with Gasteiger partial charge in [0.1, 0.15) is 0 Å². The molecular weight excluding hydrogens is 212 g/mol. The molecule has 0 aliphatic carbocycles. The van der Waals surface area contributed by atoms with E-state index in [0.717, 1.165) is 11.5 Å². The Morgan fingerprint density at radius 3 is 2.59 bits per heavy atom. The fourth-order valence-corrected chi connectivity index (χ4v) is 2.11. The molecule has 0 radical (unpaired) electrons. The van der Waals surface area contributed by atoms with E-state index in [1.165, 1.54) is 22.3 Å². The minimum atomic E-state index is 0.325. The molecular formula is C15H14O2. The minimum absolute atomic E-state index is 0.325. The van der Waals surface area contributed by atoms with E-state index in [1.807, 2.05) is 12.1 Å². The Hall–Kier alpha value is -1.96. The maximum Gasteiger partial charge on any atom is 0.231 e. The van der Waals surface area contributed by atoms with E-state index in [0.29, 0.717) is 6.79 Å². The van der Waals surface area contributed by atoms with E-state index in [2.05, 4.69) is 38.1 Å². The molecule has 0 spiro atoms. The Morgan fingerprint density at radius 2 is 1.71 bits per heavy atom. The summed E-state index contributed by atoms with van der Waals surface area (Å²) in [5.41, 5.74) is 4.97. The van der Waals surface area contributed by atoms with Crippen LogP contribution in [-0.2, 0) is 0 Å². The number of benzene rings is 2. The van der Waals surface area contributed by atoms with Crippen LogP contribution in [0.25, 0.3) is 11.1 Å². The smallest absolute Gasteiger partial charge is 0.231 e. The van der Waals surface area contributed by atoms with Gasteiger partial charge < -0.3 is 9.47 Å². The van der Waals surface area contributed by atoms with E-state index in [9.17, 15) is 0 Å². The van der Waals surface area contributed by atoms with Gasteiger partial charge in [0.2, 0.25) is 6.79 Å². The van der Waals surface area contributed by atoms with Crippen molar-refractivity contribution in [1.29, 1.82) is 0 Å². The molecule has 0 amide bonds. The second-order valence-electron chi connectivity index (χ2n) is 4.39. The third-order valence-electron chi connectivity index (χ3n) is 3.08. The highest BCUT2D eigenvalue weighted by molar-refractivity contribution is 5.71. The zero-order valence-corrected chi connectivity index (χ0v) is 9.99. The summed E-state index contributed by atoms with van der Waals surface area (Å²) in [5, 5.41) is 0. The fourth-order valence-electron chi connectivity index (χ4n) is 2.11. The summed E-state index contributed by atoms with van der Waals surface area (Å²) < 4.78 is 10.7. The van der Waals surface area contributed by atoms with E-state index >= 15 is 0 Å². The molecule has 2 heteroatoms. The molecule has 0 bridgehead atoms. The monoisotopic (exact) mass is 226 g/mol. The SMILES string of the molecule is Cc1ccc(C)c(-c2ccc3c(c2)OCO3)c1. The quantitative estimate of drug-likeness (QED) is 0.738. The first-order valence-corrected chi connectivity index (χ1v) is 5.71. The fraction of sp³-hybridized carbons (Fsp3) is 0.200. The molecule has 2 aromatic rings. The number of rotatable bonds is 1. The van der Waals surface area contributed by atoms with Crippen LogP contribution >= 0.6 is 0 Å². The largest absolute Gasteiger partial charge is 0.454 e. The van der Waals surface area contributed by atoms with Crippen LogP contribution in [-0.4, -0.2) is 6.79 Å². The van der Waals surface area contributed by atoms with Crippen LogP contribution in [0.4, 0.5) is 0 Å². The molecule has 0 saturated carbocycles. The average molecular weight is 226 g/mol. The van der Waals surface area contributed by atoms with Gasteiger partial charge in [0.15, 0.2) is 11.5 Å². The number of hydrogen-bond donors (Lipinski definition) is 0. The Kier molecular flexibility index (Phi) is 2.29. The highest BCUT2D eigenvalue weighted by Gasteiger charge is 2.14. The van der Waals surface area contributed by atoms with Crippen LogP contribution in [0, 0.1) is 13.8 Å². The predicted molar refractivity (Wildman–Crippen MR) is 67.5 cm³/mol. The molecule has 2 nitrogen and oxygen atoms in total. The summed E-state index contributed by atoms with van der Waals surface area (Å²) in [4.78, 5) is 0. The topological polar surface area (TPSA) is 18.5 Å². The predicted octanol–water partition coefficient (Wildman–Crippen LogP) is 3.70. The van der Waals surface area contributed by atoms with Crippen molar-refractivity contribution in [2.24, 2.45) is 0 Å². The van der Waals surface area contributed by atoms with E-state index in [-0.39, 0.29) is 0 Å². The van der Waals surface area contributed by atoms with Crippen molar-refractivity contribution in [1.82, 2.24) is 0 Å². The van der Waals surface area contributed by atoms with Gasteiger partial charge in [-0.15, -0.1) is 0 Å². The van der Waals surface area contributed by atoms with Crippen LogP contribution in [0.15, 0.2) is 36.4 Å². The first-order chi connectivity index (χ1) is 8.24. The lowest BCUT2D eigenvalue weighted by molar-refractivity contribution is 0.174. The van der Waals surface area contributed by atoms with Gasteiger partial charge in [-0.25, -0.2) is 0 Å². The highest BCUT2D eigenvalue weighted by Crippen LogP contribution is 2.36. The van der Waals surface area contributed by atoms with Crippen LogP contribution in [0.5, 0.6) is 11.5 Å². The molecule has 0 saturated heterocycles. The second kappa shape index (κ2) is 3.81. The summed E-state index contributed by atoms with van der Waals surface area (Å²) in [5.74, 6) is 1.67. The minimum Gasteiger partial charge on any atom is -0.454 e. The van der Waals surface area contributed by atoms with Crippen molar-refractivity contribution in [2.45, 2.75) is 13.8 Å². The first kappa shape index (κ1) is 10.2. The molecule has 86 valence electrons. The van der Waals surface area contributed by atoms with E-state index < -0.39 is 0 Å². The first-order valence-electron chi connectivity index (χ1n) is 5.71. The summed E-state index contributed by atoms with van der Waals surface area (Å²) in [6.07, 6.45) is 0. The van der Waals surface area contributed by atoms with Gasteiger partial charge in [0, 0.05) is 0 Å². The van der Waals surface area contributed by atoms with Crippen LogP contribution in [0.1, 0.15) is 11.1 Å². The van der Waals surface area contributed by atoms with Crippen LogP contribution < -0.4 is 9.47 Å². The molecule has 0 N–H and O–H groups in total. The summed E-state index contributed by atoms with van der Waals surface area (Å²) >= 11 is 0. The lowest BCUT2D eigenvalue weighted by Gasteiger charge is -2.08. The van der Waals surface area contributed by atoms with E-state index in [1.54, 1.807) is 0 Å². The molecule has 1 heterocycles. The molecule has 1 aliphatic heterocycles. The second-order valence-corrected chi connectivity index (χ2v) is 4.39. The zero-order chi connectivity index (χ0) is 11.8. The molecule has 0 aromatic heterocycles. The lowest BCUT2D eigenvalue weighted by Crippen LogP contribution is -1.92. The van der Waals surface area contributed by atoms with Crippen molar-refractivity contribution in [3.63, 3.8) is 0 Å². The van der Waals surface area contributed by atoms with Gasteiger partial charge in [0.05, 0.1) is 0 Å². The highest BCUT2D eigenvalue weighted by atomic mass is 16.7. The van der Waals surface area contributed by atoms with E-state index in [4.69, 9.17) is 9.47 Å². The summed E-state index contributed by atoms with van der Waals surface area (Å²) in [6.45, 7) is 4.56. The van der Waals surface area contributed by atoms with Crippen molar-refractivity contribution >= 4 is 0 Å². The molecule has 0 fully saturated rings. The third kappa shape index (κ3) is 1.76. The van der Waals surface area contributed by atoms with Crippen LogP contribution in [0.3, 0.4) is 0 Å². The Morgan fingerprint density at radius 1 is 0.882 bits per heavy atom. The Labute approximate surface area is 101 Å². The number of ether oxygens (including phenoxy) is 2. The van der Waals surface area contributed by atoms with Crippen molar-refractivity contribution in [3.05, 3.63) is 47.5 Å². The molecule has 2 aromatic carbocycles. The standard InChI is InChI=1S/C15H14O2/c1-10-3-4-11(2)13(7-10)12-5-6-14-15(8-12)17-9-16-14/h3-8H,9H2,1-2H3.